The van der Waals surface area contributed by atoms with E-state index in [0.717, 1.165) is 26.8 Å². The SMILES string of the molecule is C=CCSc1nc(-c2ccc(Br)cc2)n(CC=C)n1. The lowest BCUT2D eigenvalue weighted by Gasteiger charge is -2.02. The topological polar surface area (TPSA) is 30.7 Å². The molecule has 2 rings (SSSR count). The van der Waals surface area contributed by atoms with Gasteiger partial charge in [-0.2, -0.15) is 0 Å². The molecule has 5 heteroatoms. The molecule has 0 fully saturated rings. The van der Waals surface area contributed by atoms with Crippen molar-refractivity contribution in [3.63, 3.8) is 0 Å². The molecule has 0 spiro atoms. The number of rotatable bonds is 6. The summed E-state index contributed by atoms with van der Waals surface area (Å²) in [6.07, 6.45) is 3.66. The smallest absolute Gasteiger partial charge is 0.209 e. The lowest BCUT2D eigenvalue weighted by molar-refractivity contribution is 0.687. The maximum absolute atomic E-state index is 4.57. The predicted octanol–water partition coefficient (Wildman–Crippen LogP) is 4.17. The van der Waals surface area contributed by atoms with Crippen LogP contribution in [0.25, 0.3) is 11.4 Å². The minimum atomic E-state index is 0.646. The van der Waals surface area contributed by atoms with Crippen LogP contribution in [0, 0.1) is 0 Å². The van der Waals surface area contributed by atoms with Gasteiger partial charge >= 0.3 is 0 Å². The zero-order valence-corrected chi connectivity index (χ0v) is 12.8. The molecule has 0 bridgehead atoms. The van der Waals surface area contributed by atoms with Crippen molar-refractivity contribution in [2.45, 2.75) is 11.7 Å². The fraction of sp³-hybridized carbons (Fsp3) is 0.143. The molecular formula is C14H14BrN3S. The third kappa shape index (κ3) is 3.58. The molecule has 1 aromatic heterocycles. The van der Waals surface area contributed by atoms with E-state index in [1.165, 1.54) is 0 Å². The molecule has 0 saturated carbocycles. The lowest BCUT2D eigenvalue weighted by atomic mass is 10.2. The zero-order valence-electron chi connectivity index (χ0n) is 10.4. The number of allylic oxidation sites excluding steroid dienone is 1. The van der Waals surface area contributed by atoms with E-state index in [1.807, 2.05) is 41.1 Å². The molecule has 1 heterocycles. The maximum Gasteiger partial charge on any atom is 0.209 e. The minimum Gasteiger partial charge on any atom is -0.241 e. The van der Waals surface area contributed by atoms with Crippen LogP contribution in [0.1, 0.15) is 0 Å². The first-order chi connectivity index (χ1) is 9.24. The average Bonchev–Trinajstić information content (AvgIpc) is 2.81. The van der Waals surface area contributed by atoms with Crippen molar-refractivity contribution in [2.24, 2.45) is 0 Å². The van der Waals surface area contributed by atoms with Gasteiger partial charge in [0.15, 0.2) is 5.82 Å². The molecule has 0 aliphatic rings. The van der Waals surface area contributed by atoms with Crippen LogP contribution in [0.2, 0.25) is 0 Å². The van der Waals surface area contributed by atoms with Crippen LogP contribution in [0.3, 0.4) is 0 Å². The lowest BCUT2D eigenvalue weighted by Crippen LogP contribution is -2.00. The van der Waals surface area contributed by atoms with Crippen LogP contribution in [-0.4, -0.2) is 20.5 Å². The highest BCUT2D eigenvalue weighted by Gasteiger charge is 2.11. The van der Waals surface area contributed by atoms with Crippen LogP contribution >= 0.6 is 27.7 Å². The number of hydrogen-bond donors (Lipinski definition) is 0. The van der Waals surface area contributed by atoms with Gasteiger partial charge in [0.1, 0.15) is 0 Å². The van der Waals surface area contributed by atoms with Crippen LogP contribution in [0.15, 0.2) is 59.2 Å². The number of nitrogens with zero attached hydrogens (tertiary/aromatic N) is 3. The highest BCUT2D eigenvalue weighted by atomic mass is 79.9. The van der Waals surface area contributed by atoms with Crippen LogP contribution < -0.4 is 0 Å². The Morgan fingerprint density at radius 3 is 2.58 bits per heavy atom. The molecule has 98 valence electrons. The van der Waals surface area contributed by atoms with Crippen LogP contribution in [0.4, 0.5) is 0 Å². The Morgan fingerprint density at radius 1 is 1.21 bits per heavy atom. The largest absolute Gasteiger partial charge is 0.241 e. The Kier molecular flexibility index (Phi) is 4.99. The second kappa shape index (κ2) is 6.73. The van der Waals surface area contributed by atoms with Crippen molar-refractivity contribution in [3.05, 3.63) is 54.0 Å². The van der Waals surface area contributed by atoms with Crippen LogP contribution in [-0.2, 0) is 6.54 Å². The molecule has 0 atom stereocenters. The summed E-state index contributed by atoms with van der Waals surface area (Å²) in [6, 6.07) is 8.04. The van der Waals surface area contributed by atoms with Gasteiger partial charge in [-0.25, -0.2) is 9.67 Å². The van der Waals surface area contributed by atoms with Crippen molar-refractivity contribution in [1.29, 1.82) is 0 Å². The van der Waals surface area contributed by atoms with E-state index in [2.05, 4.69) is 39.2 Å². The van der Waals surface area contributed by atoms with Crippen LogP contribution in [0.5, 0.6) is 0 Å². The quantitative estimate of drug-likeness (QED) is 0.586. The van der Waals surface area contributed by atoms with Crippen molar-refractivity contribution < 1.29 is 0 Å². The van der Waals surface area contributed by atoms with Gasteiger partial charge < -0.3 is 0 Å². The van der Waals surface area contributed by atoms with Crippen molar-refractivity contribution >= 4 is 27.7 Å². The van der Waals surface area contributed by atoms with Gasteiger partial charge in [-0.1, -0.05) is 52.0 Å². The van der Waals surface area contributed by atoms with E-state index in [9.17, 15) is 0 Å². The molecule has 3 nitrogen and oxygen atoms in total. The third-order valence-electron chi connectivity index (χ3n) is 2.39. The Bertz CT molecular complexity index is 575. The van der Waals surface area contributed by atoms with Crippen molar-refractivity contribution in [3.8, 4) is 11.4 Å². The first-order valence-electron chi connectivity index (χ1n) is 5.80. The molecule has 1 aromatic carbocycles. The van der Waals surface area contributed by atoms with E-state index in [0.29, 0.717) is 6.54 Å². The molecule has 19 heavy (non-hydrogen) atoms. The molecule has 0 aliphatic heterocycles. The van der Waals surface area contributed by atoms with E-state index in [1.54, 1.807) is 11.8 Å². The molecule has 0 amide bonds. The highest BCUT2D eigenvalue weighted by Crippen LogP contribution is 2.23. The third-order valence-corrected chi connectivity index (χ3v) is 3.75. The van der Waals surface area contributed by atoms with E-state index in [-0.39, 0.29) is 0 Å². The van der Waals surface area contributed by atoms with Gasteiger partial charge in [0.05, 0.1) is 6.54 Å². The number of benzene rings is 1. The minimum absolute atomic E-state index is 0.646. The van der Waals surface area contributed by atoms with E-state index >= 15 is 0 Å². The molecule has 0 saturated heterocycles. The molecular weight excluding hydrogens is 322 g/mol. The van der Waals surface area contributed by atoms with E-state index < -0.39 is 0 Å². The van der Waals surface area contributed by atoms with Crippen molar-refractivity contribution in [2.75, 3.05) is 5.75 Å². The summed E-state index contributed by atoms with van der Waals surface area (Å²) in [5, 5.41) is 5.24. The predicted molar refractivity (Wildman–Crippen MR) is 84.3 cm³/mol. The normalized spacial score (nSPS) is 10.4. The summed E-state index contributed by atoms with van der Waals surface area (Å²) >= 11 is 5.01. The second-order valence-electron chi connectivity index (χ2n) is 3.80. The summed E-state index contributed by atoms with van der Waals surface area (Å²) in [4.78, 5) is 4.57. The second-order valence-corrected chi connectivity index (χ2v) is 5.70. The standard InChI is InChI=1S/C14H14BrN3S/c1-3-9-18-13(11-5-7-12(15)8-6-11)16-14(17-18)19-10-4-2/h3-8H,1-2,9-10H2. The summed E-state index contributed by atoms with van der Waals surface area (Å²) in [6.45, 7) is 8.11. The summed E-state index contributed by atoms with van der Waals surface area (Å²) in [5.74, 6) is 1.66. The number of hydrogen-bond acceptors (Lipinski definition) is 3. The molecule has 0 radical (unpaired) electrons. The molecule has 0 aliphatic carbocycles. The summed E-state index contributed by atoms with van der Waals surface area (Å²) < 4.78 is 2.91. The Hall–Kier alpha value is -1.33. The summed E-state index contributed by atoms with van der Waals surface area (Å²) in [7, 11) is 0. The Balaban J connectivity index is 2.36. The van der Waals surface area contributed by atoms with E-state index in [4.69, 9.17) is 0 Å². The zero-order chi connectivity index (χ0) is 13.7. The molecule has 2 aromatic rings. The van der Waals surface area contributed by atoms with Gasteiger partial charge in [-0.05, 0) is 12.1 Å². The molecule has 0 unspecified atom stereocenters. The first-order valence-corrected chi connectivity index (χ1v) is 7.58. The monoisotopic (exact) mass is 335 g/mol. The summed E-state index contributed by atoms with van der Waals surface area (Å²) in [5.41, 5.74) is 1.04. The van der Waals surface area contributed by atoms with Gasteiger partial charge in [0.2, 0.25) is 5.16 Å². The fourth-order valence-corrected chi connectivity index (χ4v) is 2.42. The highest BCUT2D eigenvalue weighted by molar-refractivity contribution is 9.10. The van der Waals surface area contributed by atoms with Gasteiger partial charge in [0, 0.05) is 15.8 Å². The number of halogens is 1. The Labute approximate surface area is 125 Å². The fourth-order valence-electron chi connectivity index (χ4n) is 1.58. The molecule has 0 N–H and O–H groups in total. The maximum atomic E-state index is 4.57. The van der Waals surface area contributed by atoms with Gasteiger partial charge in [0.25, 0.3) is 0 Å². The first kappa shape index (κ1) is 14.1. The number of aromatic nitrogens is 3. The number of thioether (sulfide) groups is 1. The van der Waals surface area contributed by atoms with Gasteiger partial charge in [-0.15, -0.1) is 18.3 Å². The Morgan fingerprint density at radius 2 is 1.95 bits per heavy atom. The average molecular weight is 336 g/mol. The van der Waals surface area contributed by atoms with Crippen molar-refractivity contribution in [1.82, 2.24) is 14.8 Å². The van der Waals surface area contributed by atoms with Gasteiger partial charge in [-0.3, -0.25) is 0 Å².